The van der Waals surface area contributed by atoms with E-state index in [0.717, 1.165) is 6.07 Å². The normalized spacial score (nSPS) is 12.0. The van der Waals surface area contributed by atoms with Crippen molar-refractivity contribution >= 4 is 25.4 Å². The zero-order chi connectivity index (χ0) is 18.1. The lowest BCUT2D eigenvalue weighted by Crippen LogP contribution is -2.07. The molecule has 25 heavy (non-hydrogen) atoms. The van der Waals surface area contributed by atoms with E-state index in [-0.39, 0.29) is 25.3 Å². The first-order chi connectivity index (χ1) is 11.8. The fourth-order valence-electron chi connectivity index (χ4n) is 2.38. The molecular formula is C18H15NO4S2. The van der Waals surface area contributed by atoms with Crippen molar-refractivity contribution in [2.75, 3.05) is 5.73 Å². The van der Waals surface area contributed by atoms with E-state index in [9.17, 15) is 16.8 Å². The number of anilines is 1. The zero-order valence-electron chi connectivity index (χ0n) is 13.0. The van der Waals surface area contributed by atoms with Crippen molar-refractivity contribution in [2.45, 2.75) is 19.6 Å². The van der Waals surface area contributed by atoms with Crippen molar-refractivity contribution in [1.82, 2.24) is 0 Å². The molecule has 3 aromatic rings. The number of nitrogen functional groups attached to an aromatic ring is 1. The van der Waals surface area contributed by atoms with E-state index in [1.54, 1.807) is 36.4 Å². The van der Waals surface area contributed by atoms with E-state index in [2.05, 4.69) is 0 Å². The van der Waals surface area contributed by atoms with Gasteiger partial charge in [0.25, 0.3) is 0 Å². The predicted octanol–water partition coefficient (Wildman–Crippen LogP) is 2.93. The summed E-state index contributed by atoms with van der Waals surface area (Å²) in [6.07, 6.45) is 0. The van der Waals surface area contributed by atoms with E-state index in [1.165, 1.54) is 36.4 Å². The number of sulfone groups is 2. The molecule has 5 nitrogen and oxygen atoms in total. The van der Waals surface area contributed by atoms with Gasteiger partial charge in [-0.25, -0.2) is 16.8 Å². The van der Waals surface area contributed by atoms with Crippen LogP contribution in [-0.2, 0) is 19.7 Å². The van der Waals surface area contributed by atoms with Crippen molar-refractivity contribution in [3.05, 3.63) is 78.9 Å². The lowest BCUT2D eigenvalue weighted by Gasteiger charge is -2.10. The van der Waals surface area contributed by atoms with Gasteiger partial charge in [0.15, 0.2) is 0 Å². The Balaban J connectivity index is 2.18. The first-order valence-electron chi connectivity index (χ1n) is 7.33. The lowest BCUT2D eigenvalue weighted by atomic mass is 10.3. The van der Waals surface area contributed by atoms with E-state index in [0.29, 0.717) is 0 Å². The largest absolute Gasteiger partial charge is 0.399 e. The zero-order valence-corrected chi connectivity index (χ0v) is 14.7. The average molecular weight is 373 g/mol. The van der Waals surface area contributed by atoms with Crippen LogP contribution < -0.4 is 5.73 Å². The summed E-state index contributed by atoms with van der Waals surface area (Å²) >= 11 is 0. The summed E-state index contributed by atoms with van der Waals surface area (Å²) in [7, 11) is -7.74. The fourth-order valence-corrected chi connectivity index (χ4v) is 5.17. The van der Waals surface area contributed by atoms with Gasteiger partial charge in [0.05, 0.1) is 19.6 Å². The molecule has 0 radical (unpaired) electrons. The van der Waals surface area contributed by atoms with Crippen LogP contribution in [0.3, 0.4) is 0 Å². The van der Waals surface area contributed by atoms with Gasteiger partial charge in [0.1, 0.15) is 0 Å². The molecule has 0 aromatic heterocycles. The summed E-state index contributed by atoms with van der Waals surface area (Å²) in [4.78, 5) is -0.172. The Hall–Kier alpha value is -2.64. The lowest BCUT2D eigenvalue weighted by molar-refractivity contribution is 0.594. The van der Waals surface area contributed by atoms with Crippen molar-refractivity contribution in [3.8, 4) is 0 Å². The predicted molar refractivity (Wildman–Crippen MR) is 94.6 cm³/mol. The smallest absolute Gasteiger partial charge is 0.206 e. The number of hydrogen-bond acceptors (Lipinski definition) is 5. The molecular weight excluding hydrogens is 358 g/mol. The molecule has 0 saturated carbocycles. The number of nitrogens with two attached hydrogens (primary N) is 1. The Morgan fingerprint density at radius 3 is 1.24 bits per heavy atom. The quantitative estimate of drug-likeness (QED) is 0.710. The Labute approximate surface area is 146 Å². The highest BCUT2D eigenvalue weighted by atomic mass is 32.2. The monoisotopic (exact) mass is 373 g/mol. The maximum absolute atomic E-state index is 12.8. The minimum Gasteiger partial charge on any atom is -0.399 e. The molecule has 0 bridgehead atoms. The molecule has 0 saturated heterocycles. The minimum atomic E-state index is -3.87. The maximum atomic E-state index is 12.8. The van der Waals surface area contributed by atoms with Crippen LogP contribution in [-0.4, -0.2) is 16.8 Å². The van der Waals surface area contributed by atoms with Crippen molar-refractivity contribution in [1.29, 1.82) is 0 Å². The highest BCUT2D eigenvalue weighted by molar-refractivity contribution is 7.92. The molecule has 0 aliphatic carbocycles. The summed E-state index contributed by atoms with van der Waals surface area (Å²) < 4.78 is 51.0. The summed E-state index contributed by atoms with van der Waals surface area (Å²) in [5.41, 5.74) is 5.84. The molecule has 0 heterocycles. The molecule has 2 N–H and O–H groups in total. The Morgan fingerprint density at radius 2 is 0.880 bits per heavy atom. The molecule has 0 unspecified atom stereocenters. The van der Waals surface area contributed by atoms with Gasteiger partial charge < -0.3 is 5.73 Å². The van der Waals surface area contributed by atoms with Crippen LogP contribution in [0.1, 0.15) is 0 Å². The SMILES string of the molecule is Nc1cc(S(=O)(=O)c2ccccc2)cc(S(=O)(=O)c2ccccc2)c1. The van der Waals surface area contributed by atoms with Crippen LogP contribution in [0.2, 0.25) is 0 Å². The molecule has 0 spiro atoms. The van der Waals surface area contributed by atoms with Gasteiger partial charge in [0.2, 0.25) is 19.7 Å². The molecule has 7 heteroatoms. The van der Waals surface area contributed by atoms with Gasteiger partial charge in [-0.2, -0.15) is 0 Å². The third-order valence-corrected chi connectivity index (χ3v) is 7.13. The summed E-state index contributed by atoms with van der Waals surface area (Å²) in [6, 6.07) is 19.2. The molecule has 0 atom stereocenters. The summed E-state index contributed by atoms with van der Waals surface area (Å²) in [5, 5.41) is 0. The van der Waals surface area contributed by atoms with Gasteiger partial charge in [-0.3, -0.25) is 0 Å². The van der Waals surface area contributed by atoms with Gasteiger partial charge in [-0.1, -0.05) is 36.4 Å². The van der Waals surface area contributed by atoms with E-state index < -0.39 is 19.7 Å². The fraction of sp³-hybridized carbons (Fsp3) is 0. The third kappa shape index (κ3) is 3.29. The average Bonchev–Trinajstić information content (AvgIpc) is 2.62. The van der Waals surface area contributed by atoms with E-state index in [1.807, 2.05) is 0 Å². The molecule has 3 aromatic carbocycles. The number of benzene rings is 3. The Bertz CT molecular complexity index is 1020. The second kappa shape index (κ2) is 6.34. The molecule has 0 amide bonds. The topological polar surface area (TPSA) is 94.3 Å². The molecule has 0 aliphatic rings. The third-order valence-electron chi connectivity index (χ3n) is 3.63. The summed E-state index contributed by atoms with van der Waals surface area (Å²) in [5.74, 6) is 0. The first-order valence-corrected chi connectivity index (χ1v) is 10.3. The second-order valence-corrected chi connectivity index (χ2v) is 9.27. The Kier molecular flexibility index (Phi) is 4.36. The van der Waals surface area contributed by atoms with Crippen LogP contribution in [0, 0.1) is 0 Å². The minimum absolute atomic E-state index is 0.0616. The van der Waals surface area contributed by atoms with Crippen LogP contribution in [0.5, 0.6) is 0 Å². The number of rotatable bonds is 4. The van der Waals surface area contributed by atoms with Gasteiger partial charge in [-0.05, 0) is 42.5 Å². The molecule has 0 fully saturated rings. The van der Waals surface area contributed by atoms with Crippen molar-refractivity contribution < 1.29 is 16.8 Å². The van der Waals surface area contributed by atoms with Crippen molar-refractivity contribution in [2.24, 2.45) is 0 Å². The molecule has 128 valence electrons. The van der Waals surface area contributed by atoms with Crippen molar-refractivity contribution in [3.63, 3.8) is 0 Å². The first kappa shape index (κ1) is 17.2. The highest BCUT2D eigenvalue weighted by Crippen LogP contribution is 2.28. The summed E-state index contributed by atoms with van der Waals surface area (Å²) in [6.45, 7) is 0. The van der Waals surface area contributed by atoms with E-state index >= 15 is 0 Å². The molecule has 3 rings (SSSR count). The van der Waals surface area contributed by atoms with Crippen LogP contribution >= 0.6 is 0 Å². The molecule has 0 aliphatic heterocycles. The standard InChI is InChI=1S/C18H15NO4S2/c19-14-11-17(24(20,21)15-7-3-1-4-8-15)13-18(12-14)25(22,23)16-9-5-2-6-10-16/h1-13H,19H2. The highest BCUT2D eigenvalue weighted by Gasteiger charge is 2.23. The van der Waals surface area contributed by atoms with Crippen LogP contribution in [0.4, 0.5) is 5.69 Å². The van der Waals surface area contributed by atoms with Gasteiger partial charge in [0, 0.05) is 5.69 Å². The van der Waals surface area contributed by atoms with Crippen LogP contribution in [0.15, 0.2) is 98.4 Å². The van der Waals surface area contributed by atoms with Gasteiger partial charge >= 0.3 is 0 Å². The second-order valence-electron chi connectivity index (χ2n) is 5.37. The van der Waals surface area contributed by atoms with E-state index in [4.69, 9.17) is 5.73 Å². The Morgan fingerprint density at radius 1 is 0.520 bits per heavy atom. The van der Waals surface area contributed by atoms with Gasteiger partial charge in [-0.15, -0.1) is 0 Å². The maximum Gasteiger partial charge on any atom is 0.206 e. The van der Waals surface area contributed by atoms with Crippen LogP contribution in [0.25, 0.3) is 0 Å². The number of hydrogen-bond donors (Lipinski definition) is 1.